The van der Waals surface area contributed by atoms with Gasteiger partial charge in [-0.2, -0.15) is 54.7 Å². The van der Waals surface area contributed by atoms with E-state index in [2.05, 4.69) is 50.5 Å². The van der Waals surface area contributed by atoms with Gasteiger partial charge in [-0.25, -0.2) is 0 Å². The fraction of sp³-hybridized carbons (Fsp3) is 1.00. The molecule has 0 spiro atoms. The van der Waals surface area contributed by atoms with Crippen LogP contribution in [0.1, 0.15) is 0 Å². The molecule has 0 radical (unpaired) electrons. The monoisotopic (exact) mass is 358 g/mol. The molecule has 114 valence electrons. The van der Waals surface area contributed by atoms with Crippen molar-refractivity contribution in [2.24, 2.45) is 0 Å². The zero-order chi connectivity index (χ0) is 14.6. The molecule has 0 bridgehead atoms. The molecule has 0 saturated heterocycles. The molecule has 0 aromatic rings. The zero-order valence-corrected chi connectivity index (χ0v) is 14.4. The van der Waals surface area contributed by atoms with Gasteiger partial charge in [0.15, 0.2) is 0 Å². The Morgan fingerprint density at radius 2 is 0.889 bits per heavy atom. The molecule has 0 atom stereocenters. The quantitative estimate of drug-likeness (QED) is 0.225. The molecule has 0 aliphatic rings. The number of ether oxygens (including phenoxy) is 2. The van der Waals surface area contributed by atoms with Crippen LogP contribution in [0.15, 0.2) is 0 Å². The second-order valence-corrected chi connectivity index (χ2v) is 4.60. The molecule has 2 N–H and O–H groups in total. The summed E-state index contributed by atoms with van der Waals surface area (Å²) in [5.74, 6) is 3.20. The van der Waals surface area contributed by atoms with Crippen molar-refractivity contribution in [2.75, 3.05) is 49.4 Å². The Balaban J connectivity index is -0.000000196. The first-order chi connectivity index (χ1) is 8.56. The van der Waals surface area contributed by atoms with Crippen molar-refractivity contribution in [3.63, 3.8) is 0 Å². The average Bonchev–Trinajstić information content (AvgIpc) is 2.31. The second-order valence-electron chi connectivity index (χ2n) is 2.35. The van der Waals surface area contributed by atoms with Gasteiger partial charge in [-0.15, -0.1) is 0 Å². The number of hydrogen-bond acceptors (Lipinski definition) is 7. The minimum atomic E-state index is -2.61. The highest BCUT2D eigenvalue weighted by molar-refractivity contribution is 7.80. The van der Waals surface area contributed by atoms with Crippen LogP contribution in [0.4, 0.5) is 0 Å². The molecule has 0 fully saturated rings. The molecule has 0 unspecified atom stereocenters. The first kappa shape index (κ1) is 24.4. The van der Waals surface area contributed by atoms with Crippen LogP contribution in [0.3, 0.4) is 0 Å². The van der Waals surface area contributed by atoms with E-state index in [1.165, 1.54) is 0 Å². The van der Waals surface area contributed by atoms with Crippen LogP contribution >= 0.6 is 50.5 Å². The topological polar surface area (TPSA) is 76.0 Å². The summed E-state index contributed by atoms with van der Waals surface area (Å²) in [5, 5.41) is 0. The molecule has 0 aromatic heterocycles. The van der Waals surface area contributed by atoms with E-state index in [1.807, 2.05) is 0 Å². The first-order valence-corrected chi connectivity index (χ1v) is 8.54. The van der Waals surface area contributed by atoms with Crippen molar-refractivity contribution in [1.82, 2.24) is 0 Å². The number of rotatable bonds is 8. The molecule has 0 aromatic carbocycles. The highest BCUT2D eigenvalue weighted by Crippen LogP contribution is 1.79. The van der Waals surface area contributed by atoms with Gasteiger partial charge in [-0.05, 0) is 0 Å². The van der Waals surface area contributed by atoms with Crippen molar-refractivity contribution in [2.45, 2.75) is 0 Å². The van der Waals surface area contributed by atoms with E-state index in [0.717, 1.165) is 49.4 Å². The Labute approximate surface area is 134 Å². The van der Waals surface area contributed by atoms with Crippen molar-refractivity contribution in [3.8, 4) is 0 Å². The molecule has 0 saturated carbocycles. The second kappa shape index (κ2) is 26.9. The highest BCUT2D eigenvalue weighted by atomic mass is 32.2. The predicted molar refractivity (Wildman–Crippen MR) is 90.5 cm³/mol. The predicted octanol–water partition coefficient (Wildman–Crippen LogP) is 1.41. The lowest BCUT2D eigenvalue weighted by molar-refractivity contribution is 0.167. The Hall–Kier alpha value is 1.39. The SMILES string of the molecule is O=S(O)O.SCCOCCS.SCCOCCS. The summed E-state index contributed by atoms with van der Waals surface area (Å²) in [6.07, 6.45) is 0. The number of hydrogen-bond donors (Lipinski definition) is 6. The minimum Gasteiger partial charge on any atom is -0.380 e. The molecule has 0 rings (SSSR count). The van der Waals surface area contributed by atoms with Crippen LogP contribution < -0.4 is 0 Å². The van der Waals surface area contributed by atoms with Gasteiger partial charge in [0.25, 0.3) is 11.4 Å². The van der Waals surface area contributed by atoms with Crippen LogP contribution in [0.2, 0.25) is 0 Å². The molecule has 0 amide bonds. The summed E-state index contributed by atoms with van der Waals surface area (Å²) >= 11 is 13.2. The van der Waals surface area contributed by atoms with E-state index in [9.17, 15) is 0 Å². The van der Waals surface area contributed by atoms with E-state index >= 15 is 0 Å². The third-order valence-corrected chi connectivity index (χ3v) is 1.67. The van der Waals surface area contributed by atoms with Crippen molar-refractivity contribution >= 4 is 61.9 Å². The summed E-state index contributed by atoms with van der Waals surface area (Å²) in [5.41, 5.74) is 0. The van der Waals surface area contributed by atoms with E-state index in [4.69, 9.17) is 22.8 Å². The maximum Gasteiger partial charge on any atom is 0.299 e. The Kier molecular flexibility index (Phi) is 36.4. The third kappa shape index (κ3) is 53.0. The number of thiol groups is 4. The van der Waals surface area contributed by atoms with Gasteiger partial charge >= 0.3 is 0 Å². The molecule has 10 heteroatoms. The standard InChI is InChI=1S/2C4H10OS2.H2O3S/c2*6-3-1-5-2-4-7;1-4(2)3/h2*6-7H,1-4H2;(H2,1,2,3). The van der Waals surface area contributed by atoms with Crippen molar-refractivity contribution < 1.29 is 22.8 Å². The van der Waals surface area contributed by atoms with E-state index in [1.54, 1.807) is 0 Å². The summed E-state index contributed by atoms with van der Waals surface area (Å²) < 4.78 is 32.8. The third-order valence-electron chi connectivity index (χ3n) is 0.942. The molecular formula is C8H22O5S5. The Morgan fingerprint density at radius 1 is 0.722 bits per heavy atom. The largest absolute Gasteiger partial charge is 0.380 e. The molecule has 0 aliphatic heterocycles. The van der Waals surface area contributed by atoms with Crippen molar-refractivity contribution in [3.05, 3.63) is 0 Å². The van der Waals surface area contributed by atoms with Gasteiger partial charge in [-0.1, -0.05) is 0 Å². The normalized spacial score (nSPS) is 9.28. The fourth-order valence-corrected chi connectivity index (χ4v) is 0.979. The van der Waals surface area contributed by atoms with Crippen molar-refractivity contribution in [1.29, 1.82) is 0 Å². The van der Waals surface area contributed by atoms with Gasteiger partial charge in [0, 0.05) is 23.0 Å². The van der Waals surface area contributed by atoms with Gasteiger partial charge in [-0.3, -0.25) is 9.11 Å². The van der Waals surface area contributed by atoms with E-state index < -0.39 is 11.4 Å². The summed E-state index contributed by atoms with van der Waals surface area (Å²) in [6.45, 7) is 2.96. The fourth-order valence-electron chi connectivity index (χ4n) is 0.462. The van der Waals surface area contributed by atoms with Gasteiger partial charge < -0.3 is 9.47 Å². The smallest absolute Gasteiger partial charge is 0.299 e. The van der Waals surface area contributed by atoms with E-state index in [-0.39, 0.29) is 0 Å². The Bertz CT molecular complexity index is 130. The lowest BCUT2D eigenvalue weighted by Crippen LogP contribution is -1.97. The lowest BCUT2D eigenvalue weighted by Gasteiger charge is -1.94. The van der Waals surface area contributed by atoms with Crippen LogP contribution in [0.5, 0.6) is 0 Å². The Morgan fingerprint density at radius 3 is 1.00 bits per heavy atom. The van der Waals surface area contributed by atoms with Crippen LogP contribution in [-0.2, 0) is 20.8 Å². The lowest BCUT2D eigenvalue weighted by atomic mass is 10.8. The van der Waals surface area contributed by atoms with Gasteiger partial charge in [0.1, 0.15) is 0 Å². The summed E-state index contributed by atoms with van der Waals surface area (Å²) in [6, 6.07) is 0. The van der Waals surface area contributed by atoms with Crippen LogP contribution in [-0.4, -0.2) is 62.8 Å². The van der Waals surface area contributed by atoms with Gasteiger partial charge in [0.2, 0.25) is 0 Å². The molecule has 0 aliphatic carbocycles. The maximum absolute atomic E-state index is 8.67. The van der Waals surface area contributed by atoms with E-state index in [0.29, 0.717) is 0 Å². The summed E-state index contributed by atoms with van der Waals surface area (Å²) in [4.78, 5) is 0. The maximum atomic E-state index is 8.67. The zero-order valence-electron chi connectivity index (χ0n) is 9.97. The minimum absolute atomic E-state index is 0.740. The van der Waals surface area contributed by atoms with Gasteiger partial charge in [0.05, 0.1) is 26.4 Å². The summed E-state index contributed by atoms with van der Waals surface area (Å²) in [7, 11) is 0. The molecule has 18 heavy (non-hydrogen) atoms. The van der Waals surface area contributed by atoms with Crippen LogP contribution in [0.25, 0.3) is 0 Å². The molecular weight excluding hydrogens is 336 g/mol. The average molecular weight is 359 g/mol. The molecule has 5 nitrogen and oxygen atoms in total. The highest BCUT2D eigenvalue weighted by Gasteiger charge is 1.79. The molecule has 0 heterocycles. The first-order valence-electron chi connectivity index (χ1n) is 4.95. The van der Waals surface area contributed by atoms with Crippen LogP contribution in [0, 0.1) is 0 Å².